The number of carbonyl (C=O) groups is 1. The van der Waals surface area contributed by atoms with E-state index in [1.807, 2.05) is 6.07 Å². The van der Waals surface area contributed by atoms with Crippen LogP contribution in [0.3, 0.4) is 0 Å². The molecule has 0 aliphatic heterocycles. The lowest BCUT2D eigenvalue weighted by molar-refractivity contribution is 0.0903. The van der Waals surface area contributed by atoms with Crippen LogP contribution in [0.25, 0.3) is 0 Å². The first kappa shape index (κ1) is 16.5. The summed E-state index contributed by atoms with van der Waals surface area (Å²) in [7, 11) is 0. The van der Waals surface area contributed by atoms with Crippen molar-refractivity contribution >= 4 is 34.5 Å². The van der Waals surface area contributed by atoms with Crippen molar-refractivity contribution in [1.29, 1.82) is 0 Å². The van der Waals surface area contributed by atoms with Gasteiger partial charge in [0.1, 0.15) is 0 Å². The van der Waals surface area contributed by atoms with Gasteiger partial charge in [-0.15, -0.1) is 12.6 Å². The van der Waals surface area contributed by atoms with E-state index in [9.17, 15) is 4.79 Å². The summed E-state index contributed by atoms with van der Waals surface area (Å²) in [6.07, 6.45) is 1.04. The number of amides is 1. The molecule has 0 radical (unpaired) electrons. The summed E-state index contributed by atoms with van der Waals surface area (Å²) in [5.41, 5.74) is 0.578. The molecule has 3 nitrogen and oxygen atoms in total. The first-order valence-corrected chi connectivity index (χ1v) is 7.59. The molecule has 0 spiro atoms. The third-order valence-electron chi connectivity index (χ3n) is 2.58. The molecule has 0 aromatic heterocycles. The van der Waals surface area contributed by atoms with Crippen LogP contribution in [0.15, 0.2) is 27.6 Å². The fourth-order valence-corrected chi connectivity index (χ4v) is 2.30. The first-order valence-electron chi connectivity index (χ1n) is 6.35. The molecular formula is C14H20BrNO2S. The molecule has 0 saturated heterocycles. The molecule has 0 aliphatic carbocycles. The highest BCUT2D eigenvalue weighted by Gasteiger charge is 2.08. The number of benzene rings is 1. The lowest BCUT2D eigenvalue weighted by atomic mass is 10.1. The van der Waals surface area contributed by atoms with Gasteiger partial charge in [-0.3, -0.25) is 4.79 Å². The molecule has 1 aromatic carbocycles. The maximum absolute atomic E-state index is 11.9. The minimum atomic E-state index is -0.120. The third kappa shape index (κ3) is 6.45. The Morgan fingerprint density at radius 3 is 2.79 bits per heavy atom. The Morgan fingerprint density at radius 2 is 2.16 bits per heavy atom. The Labute approximate surface area is 128 Å². The maximum atomic E-state index is 11.9. The van der Waals surface area contributed by atoms with Gasteiger partial charge in [0.15, 0.2) is 0 Å². The van der Waals surface area contributed by atoms with Gasteiger partial charge in [0, 0.05) is 22.5 Å². The number of hydrogen-bond donors (Lipinski definition) is 2. The molecule has 0 unspecified atom stereocenters. The van der Waals surface area contributed by atoms with Crippen LogP contribution < -0.4 is 5.32 Å². The van der Waals surface area contributed by atoms with Gasteiger partial charge in [-0.25, -0.2) is 0 Å². The van der Waals surface area contributed by atoms with Crippen LogP contribution in [0.1, 0.15) is 30.6 Å². The van der Waals surface area contributed by atoms with Gasteiger partial charge in [0.25, 0.3) is 5.91 Å². The van der Waals surface area contributed by atoms with E-state index in [1.54, 1.807) is 12.1 Å². The number of thiol groups is 1. The molecule has 0 heterocycles. The Kier molecular flexibility index (Phi) is 7.49. The van der Waals surface area contributed by atoms with E-state index in [0.29, 0.717) is 29.5 Å². The summed E-state index contributed by atoms with van der Waals surface area (Å²) in [5, 5.41) is 2.82. The zero-order valence-corrected chi connectivity index (χ0v) is 13.8. The Balaban J connectivity index is 2.28. The minimum absolute atomic E-state index is 0.120. The molecule has 1 N–H and O–H groups in total. The summed E-state index contributed by atoms with van der Waals surface area (Å²) in [6.45, 7) is 6.11. The minimum Gasteiger partial charge on any atom is -0.380 e. The second-order valence-electron chi connectivity index (χ2n) is 4.71. The summed E-state index contributed by atoms with van der Waals surface area (Å²) >= 11 is 7.62. The quantitative estimate of drug-likeness (QED) is 0.586. The largest absolute Gasteiger partial charge is 0.380 e. The number of halogens is 1. The van der Waals surface area contributed by atoms with Gasteiger partial charge in [0.05, 0.1) is 12.2 Å². The fraction of sp³-hybridized carbons (Fsp3) is 0.500. The van der Waals surface area contributed by atoms with Gasteiger partial charge >= 0.3 is 0 Å². The van der Waals surface area contributed by atoms with Gasteiger partial charge in [-0.2, -0.15) is 0 Å². The molecule has 0 atom stereocenters. The van der Waals surface area contributed by atoms with Gasteiger partial charge in [0.2, 0.25) is 0 Å². The number of nitrogens with one attached hydrogen (secondary N) is 1. The van der Waals surface area contributed by atoms with E-state index < -0.39 is 0 Å². The van der Waals surface area contributed by atoms with Crippen molar-refractivity contribution in [2.75, 3.05) is 19.8 Å². The van der Waals surface area contributed by atoms with Crippen molar-refractivity contribution in [2.45, 2.75) is 25.2 Å². The maximum Gasteiger partial charge on any atom is 0.252 e. The van der Waals surface area contributed by atoms with Crippen LogP contribution in [0.2, 0.25) is 0 Å². The SMILES string of the molecule is CC(C)CCOCCNC(=O)c1ccc(Br)cc1S. The second-order valence-corrected chi connectivity index (χ2v) is 6.11. The van der Waals surface area contributed by atoms with E-state index in [1.165, 1.54) is 0 Å². The zero-order chi connectivity index (χ0) is 14.3. The number of ether oxygens (including phenoxy) is 1. The van der Waals surface area contributed by atoms with E-state index in [2.05, 4.69) is 47.7 Å². The Hall–Kier alpha value is -0.520. The van der Waals surface area contributed by atoms with Crippen molar-refractivity contribution in [1.82, 2.24) is 5.32 Å². The van der Waals surface area contributed by atoms with Gasteiger partial charge < -0.3 is 10.1 Å². The van der Waals surface area contributed by atoms with Crippen LogP contribution in [-0.2, 0) is 4.74 Å². The molecular weight excluding hydrogens is 326 g/mol. The molecule has 0 saturated carbocycles. The van der Waals surface area contributed by atoms with Crippen molar-refractivity contribution in [2.24, 2.45) is 5.92 Å². The molecule has 1 aromatic rings. The molecule has 0 aliphatic rings. The molecule has 0 bridgehead atoms. The third-order valence-corrected chi connectivity index (χ3v) is 3.44. The number of hydrogen-bond acceptors (Lipinski definition) is 3. The van der Waals surface area contributed by atoms with Crippen LogP contribution in [0, 0.1) is 5.92 Å². The fourth-order valence-electron chi connectivity index (χ4n) is 1.45. The number of carbonyl (C=O) groups excluding carboxylic acids is 1. The summed E-state index contributed by atoms with van der Waals surface area (Å²) in [6, 6.07) is 5.38. The van der Waals surface area contributed by atoms with Crippen LogP contribution in [0.4, 0.5) is 0 Å². The normalized spacial score (nSPS) is 10.8. The lowest BCUT2D eigenvalue weighted by Gasteiger charge is -2.09. The summed E-state index contributed by atoms with van der Waals surface area (Å²) in [5.74, 6) is 0.522. The first-order chi connectivity index (χ1) is 9.00. The van der Waals surface area contributed by atoms with Crippen LogP contribution >= 0.6 is 28.6 Å². The van der Waals surface area contributed by atoms with Crippen molar-refractivity contribution in [3.05, 3.63) is 28.2 Å². The molecule has 1 rings (SSSR count). The predicted octanol–water partition coefficient (Wildman–Crippen LogP) is 3.53. The van der Waals surface area contributed by atoms with E-state index in [0.717, 1.165) is 17.5 Å². The van der Waals surface area contributed by atoms with E-state index in [-0.39, 0.29) is 5.91 Å². The molecule has 106 valence electrons. The highest BCUT2D eigenvalue weighted by atomic mass is 79.9. The molecule has 19 heavy (non-hydrogen) atoms. The van der Waals surface area contributed by atoms with Crippen molar-refractivity contribution in [3.63, 3.8) is 0 Å². The molecule has 0 fully saturated rings. The van der Waals surface area contributed by atoms with E-state index in [4.69, 9.17) is 4.74 Å². The Morgan fingerprint density at radius 1 is 1.42 bits per heavy atom. The average molecular weight is 346 g/mol. The second kappa shape index (κ2) is 8.61. The Bertz CT molecular complexity index is 424. The van der Waals surface area contributed by atoms with Crippen molar-refractivity contribution < 1.29 is 9.53 Å². The van der Waals surface area contributed by atoms with Crippen molar-refractivity contribution in [3.8, 4) is 0 Å². The van der Waals surface area contributed by atoms with Crippen LogP contribution in [-0.4, -0.2) is 25.7 Å². The predicted molar refractivity (Wildman–Crippen MR) is 84.0 cm³/mol. The average Bonchev–Trinajstić information content (AvgIpc) is 2.32. The molecule has 5 heteroatoms. The molecule has 1 amide bonds. The lowest BCUT2D eigenvalue weighted by Crippen LogP contribution is -2.27. The summed E-state index contributed by atoms with van der Waals surface area (Å²) < 4.78 is 6.35. The highest BCUT2D eigenvalue weighted by molar-refractivity contribution is 9.10. The number of rotatable bonds is 7. The highest BCUT2D eigenvalue weighted by Crippen LogP contribution is 2.19. The standard InChI is InChI=1S/C14H20BrNO2S/c1-10(2)5-7-18-8-6-16-14(17)12-4-3-11(15)9-13(12)19/h3-4,9-10,19H,5-8H2,1-2H3,(H,16,17). The van der Waals surface area contributed by atoms with E-state index >= 15 is 0 Å². The van der Waals surface area contributed by atoms with Crippen LogP contribution in [0.5, 0.6) is 0 Å². The zero-order valence-electron chi connectivity index (χ0n) is 11.3. The monoisotopic (exact) mass is 345 g/mol. The van der Waals surface area contributed by atoms with Gasteiger partial charge in [-0.1, -0.05) is 29.8 Å². The topological polar surface area (TPSA) is 38.3 Å². The summed E-state index contributed by atoms with van der Waals surface area (Å²) in [4.78, 5) is 12.5. The van der Waals surface area contributed by atoms with Gasteiger partial charge in [-0.05, 0) is 30.5 Å². The smallest absolute Gasteiger partial charge is 0.252 e.